The van der Waals surface area contributed by atoms with Crippen LogP contribution in [-0.2, 0) is 0 Å². The molecule has 0 saturated heterocycles. The molecular formula is C9H6Cl2N4. The first-order valence-electron chi connectivity index (χ1n) is 4.11. The second-order valence-corrected chi connectivity index (χ2v) is 3.47. The van der Waals surface area contributed by atoms with E-state index in [2.05, 4.69) is 20.3 Å². The third-order valence-electron chi connectivity index (χ3n) is 1.61. The van der Waals surface area contributed by atoms with Crippen LogP contribution in [0.5, 0.6) is 0 Å². The van der Waals surface area contributed by atoms with Crippen molar-refractivity contribution in [2.45, 2.75) is 0 Å². The number of rotatable bonds is 2. The molecule has 76 valence electrons. The summed E-state index contributed by atoms with van der Waals surface area (Å²) in [5, 5.41) is 3.74. The summed E-state index contributed by atoms with van der Waals surface area (Å²) in [7, 11) is 0. The van der Waals surface area contributed by atoms with E-state index in [0.717, 1.165) is 0 Å². The Hall–Kier alpha value is -1.39. The summed E-state index contributed by atoms with van der Waals surface area (Å²) < 4.78 is 0. The van der Waals surface area contributed by atoms with E-state index in [9.17, 15) is 0 Å². The molecule has 0 bridgehead atoms. The Morgan fingerprint density at radius 3 is 2.53 bits per heavy atom. The molecule has 15 heavy (non-hydrogen) atoms. The minimum Gasteiger partial charge on any atom is -0.325 e. The molecule has 2 heterocycles. The first-order valence-corrected chi connectivity index (χ1v) is 4.87. The van der Waals surface area contributed by atoms with E-state index in [4.69, 9.17) is 23.2 Å². The number of nitrogens with zero attached hydrogens (tertiary/aromatic N) is 3. The molecule has 2 rings (SSSR count). The van der Waals surface area contributed by atoms with E-state index < -0.39 is 0 Å². The van der Waals surface area contributed by atoms with E-state index in [1.165, 1.54) is 0 Å². The highest BCUT2D eigenvalue weighted by molar-refractivity contribution is 6.30. The Kier molecular flexibility index (Phi) is 2.99. The molecule has 6 heteroatoms. The maximum Gasteiger partial charge on any atom is 0.224 e. The highest BCUT2D eigenvalue weighted by Gasteiger charge is 1.98. The third-order valence-corrected chi connectivity index (χ3v) is 2.02. The zero-order chi connectivity index (χ0) is 10.7. The quantitative estimate of drug-likeness (QED) is 0.821. The van der Waals surface area contributed by atoms with E-state index in [1.54, 1.807) is 30.6 Å². The second-order valence-electron chi connectivity index (χ2n) is 2.70. The van der Waals surface area contributed by atoms with Crippen molar-refractivity contribution in [2.24, 2.45) is 0 Å². The first kappa shape index (κ1) is 10.1. The average Bonchev–Trinajstić information content (AvgIpc) is 2.22. The number of pyridine rings is 1. The summed E-state index contributed by atoms with van der Waals surface area (Å²) in [4.78, 5) is 11.8. The van der Waals surface area contributed by atoms with Crippen molar-refractivity contribution < 1.29 is 0 Å². The lowest BCUT2D eigenvalue weighted by Gasteiger charge is -2.03. The predicted octanol–water partition coefficient (Wildman–Crippen LogP) is 2.92. The van der Waals surface area contributed by atoms with Gasteiger partial charge >= 0.3 is 0 Å². The summed E-state index contributed by atoms with van der Waals surface area (Å²) >= 11 is 11.3. The van der Waals surface area contributed by atoms with Gasteiger partial charge in [0, 0.05) is 12.4 Å². The van der Waals surface area contributed by atoms with Crippen molar-refractivity contribution in [3.8, 4) is 0 Å². The van der Waals surface area contributed by atoms with Gasteiger partial charge in [0.25, 0.3) is 0 Å². The van der Waals surface area contributed by atoms with Crippen LogP contribution in [0.25, 0.3) is 0 Å². The van der Waals surface area contributed by atoms with Crippen LogP contribution in [-0.4, -0.2) is 15.0 Å². The minimum absolute atomic E-state index is 0.189. The van der Waals surface area contributed by atoms with Crippen LogP contribution < -0.4 is 5.32 Å². The fourth-order valence-electron chi connectivity index (χ4n) is 0.985. The minimum atomic E-state index is 0.189. The zero-order valence-corrected chi connectivity index (χ0v) is 9.00. The Labute approximate surface area is 96.3 Å². The molecule has 0 aliphatic carbocycles. The summed E-state index contributed by atoms with van der Waals surface area (Å²) in [5.74, 6) is 1.24. The Bertz CT molecular complexity index is 458. The van der Waals surface area contributed by atoms with Gasteiger partial charge in [-0.25, -0.2) is 15.0 Å². The summed E-state index contributed by atoms with van der Waals surface area (Å²) in [5.41, 5.74) is 0. The molecular weight excluding hydrogens is 235 g/mol. The van der Waals surface area contributed by atoms with Crippen molar-refractivity contribution in [1.29, 1.82) is 0 Å². The van der Waals surface area contributed by atoms with Crippen LogP contribution in [0.4, 0.5) is 11.6 Å². The first-order chi connectivity index (χ1) is 7.24. The number of hydrogen-bond acceptors (Lipinski definition) is 4. The Balaban J connectivity index is 2.18. The van der Waals surface area contributed by atoms with Gasteiger partial charge in [-0.1, -0.05) is 11.6 Å². The van der Waals surface area contributed by atoms with E-state index in [1.807, 2.05) is 0 Å². The van der Waals surface area contributed by atoms with Crippen LogP contribution in [0, 0.1) is 0 Å². The van der Waals surface area contributed by atoms with Gasteiger partial charge in [-0.15, -0.1) is 0 Å². The third kappa shape index (κ3) is 2.78. The van der Waals surface area contributed by atoms with Gasteiger partial charge in [-0.2, -0.15) is 0 Å². The number of nitrogens with one attached hydrogen (secondary N) is 1. The van der Waals surface area contributed by atoms with Gasteiger partial charge in [-0.05, 0) is 29.8 Å². The fourth-order valence-corrected chi connectivity index (χ4v) is 1.24. The molecule has 0 saturated carbocycles. The molecule has 0 aliphatic heterocycles. The molecule has 0 aromatic carbocycles. The maximum absolute atomic E-state index is 5.70. The molecule has 0 radical (unpaired) electrons. The molecule has 0 fully saturated rings. The number of halogens is 2. The predicted molar refractivity (Wildman–Crippen MR) is 59.6 cm³/mol. The van der Waals surface area contributed by atoms with Crippen LogP contribution in [0.2, 0.25) is 10.3 Å². The van der Waals surface area contributed by atoms with Gasteiger partial charge in [0.15, 0.2) is 0 Å². The zero-order valence-electron chi connectivity index (χ0n) is 7.48. The molecule has 0 atom stereocenters. The lowest BCUT2D eigenvalue weighted by atomic mass is 10.4. The largest absolute Gasteiger partial charge is 0.325 e. The van der Waals surface area contributed by atoms with Crippen LogP contribution in [0.3, 0.4) is 0 Å². The van der Waals surface area contributed by atoms with Crippen molar-refractivity contribution >= 4 is 34.8 Å². The van der Waals surface area contributed by atoms with E-state index in [-0.39, 0.29) is 5.28 Å². The molecule has 0 spiro atoms. The SMILES string of the molecule is Clc1ccc(Nc2ccnc(Cl)n2)nc1. The lowest BCUT2D eigenvalue weighted by molar-refractivity contribution is 1.16. The molecule has 4 nitrogen and oxygen atoms in total. The normalized spacial score (nSPS) is 10.0. The average molecular weight is 241 g/mol. The van der Waals surface area contributed by atoms with Crippen LogP contribution >= 0.6 is 23.2 Å². The van der Waals surface area contributed by atoms with Crippen LogP contribution in [0.1, 0.15) is 0 Å². The van der Waals surface area contributed by atoms with Gasteiger partial charge in [0.05, 0.1) is 5.02 Å². The topological polar surface area (TPSA) is 50.7 Å². The van der Waals surface area contributed by atoms with Gasteiger partial charge in [0.2, 0.25) is 5.28 Å². The van der Waals surface area contributed by atoms with Crippen molar-refractivity contribution in [2.75, 3.05) is 5.32 Å². The Morgan fingerprint density at radius 2 is 1.87 bits per heavy atom. The van der Waals surface area contributed by atoms with E-state index in [0.29, 0.717) is 16.7 Å². The molecule has 0 unspecified atom stereocenters. The maximum atomic E-state index is 5.70. The van der Waals surface area contributed by atoms with Crippen LogP contribution in [0.15, 0.2) is 30.6 Å². The Morgan fingerprint density at radius 1 is 1.00 bits per heavy atom. The summed E-state index contributed by atoms with van der Waals surface area (Å²) in [6.45, 7) is 0. The van der Waals surface area contributed by atoms with E-state index >= 15 is 0 Å². The lowest BCUT2D eigenvalue weighted by Crippen LogP contribution is -1.96. The highest BCUT2D eigenvalue weighted by atomic mass is 35.5. The van der Waals surface area contributed by atoms with Crippen molar-refractivity contribution in [1.82, 2.24) is 15.0 Å². The molecule has 0 amide bonds. The summed E-state index contributed by atoms with van der Waals surface area (Å²) in [6.07, 6.45) is 3.11. The molecule has 1 N–H and O–H groups in total. The summed E-state index contributed by atoms with van der Waals surface area (Å²) in [6, 6.07) is 5.18. The number of aromatic nitrogens is 3. The van der Waals surface area contributed by atoms with Crippen molar-refractivity contribution in [3.63, 3.8) is 0 Å². The molecule has 0 aliphatic rings. The standard InChI is InChI=1S/C9H6Cl2N4/c10-6-1-2-7(13-5-6)14-8-3-4-12-9(11)15-8/h1-5H,(H,12,13,14,15). The fraction of sp³-hybridized carbons (Fsp3) is 0. The van der Waals surface area contributed by atoms with Gasteiger partial charge in [0.1, 0.15) is 11.6 Å². The van der Waals surface area contributed by atoms with Gasteiger partial charge < -0.3 is 5.32 Å². The number of anilines is 2. The van der Waals surface area contributed by atoms with Gasteiger partial charge in [-0.3, -0.25) is 0 Å². The monoisotopic (exact) mass is 240 g/mol. The molecule has 2 aromatic heterocycles. The second kappa shape index (κ2) is 4.42. The highest BCUT2D eigenvalue weighted by Crippen LogP contribution is 2.14. The number of hydrogen-bond donors (Lipinski definition) is 1. The molecule has 2 aromatic rings. The van der Waals surface area contributed by atoms with Crippen molar-refractivity contribution in [3.05, 3.63) is 40.9 Å². The smallest absolute Gasteiger partial charge is 0.224 e.